The zero-order valence-corrected chi connectivity index (χ0v) is 15.1. The number of carbonyl (C=O) groups is 1. The lowest BCUT2D eigenvalue weighted by molar-refractivity contribution is 0.101. The third kappa shape index (κ3) is 5.04. The van der Waals surface area contributed by atoms with E-state index in [4.69, 9.17) is 11.6 Å². The molecule has 1 aromatic heterocycles. The molecule has 0 bridgehead atoms. The van der Waals surface area contributed by atoms with E-state index in [1.54, 1.807) is 25.3 Å². The highest BCUT2D eigenvalue weighted by Gasteiger charge is 2.03. The summed E-state index contributed by atoms with van der Waals surface area (Å²) in [6.07, 6.45) is 2.53. The molecular weight excluding hydrogens is 348 g/mol. The highest BCUT2D eigenvalue weighted by atomic mass is 35.5. The van der Waals surface area contributed by atoms with Gasteiger partial charge >= 0.3 is 0 Å². The van der Waals surface area contributed by atoms with Gasteiger partial charge < -0.3 is 10.6 Å². The topological polar surface area (TPSA) is 66.9 Å². The first-order chi connectivity index (χ1) is 12.6. The van der Waals surface area contributed by atoms with Crippen LogP contribution in [0.25, 0.3) is 0 Å². The van der Waals surface area contributed by atoms with Crippen molar-refractivity contribution in [3.63, 3.8) is 0 Å². The van der Waals surface area contributed by atoms with Crippen molar-refractivity contribution in [3.8, 4) is 0 Å². The minimum Gasteiger partial charge on any atom is -0.370 e. The fourth-order valence-corrected chi connectivity index (χ4v) is 2.70. The Morgan fingerprint density at radius 2 is 1.96 bits per heavy atom. The lowest BCUT2D eigenvalue weighted by Crippen LogP contribution is -2.08. The van der Waals surface area contributed by atoms with Crippen LogP contribution in [0.5, 0.6) is 0 Å². The first kappa shape index (κ1) is 17.9. The molecular formula is C20H19ClN4O. The van der Waals surface area contributed by atoms with Crippen LogP contribution < -0.4 is 10.6 Å². The Labute approximate surface area is 157 Å². The molecule has 3 rings (SSSR count). The maximum atomic E-state index is 11.5. The summed E-state index contributed by atoms with van der Waals surface area (Å²) in [4.78, 5) is 20.2. The van der Waals surface area contributed by atoms with Crippen molar-refractivity contribution in [3.05, 3.63) is 76.9 Å². The highest BCUT2D eigenvalue weighted by molar-refractivity contribution is 6.30. The molecule has 0 atom stereocenters. The third-order valence-corrected chi connectivity index (χ3v) is 4.02. The van der Waals surface area contributed by atoms with Crippen LogP contribution in [0.15, 0.2) is 60.8 Å². The summed E-state index contributed by atoms with van der Waals surface area (Å²) in [5.41, 5.74) is 2.58. The molecule has 26 heavy (non-hydrogen) atoms. The number of rotatable bonds is 7. The number of hydrogen-bond acceptors (Lipinski definition) is 5. The Balaban J connectivity index is 1.61. The van der Waals surface area contributed by atoms with Crippen molar-refractivity contribution in [1.29, 1.82) is 0 Å². The summed E-state index contributed by atoms with van der Waals surface area (Å²) in [6, 6.07) is 16.9. The summed E-state index contributed by atoms with van der Waals surface area (Å²) >= 11 is 6.00. The van der Waals surface area contributed by atoms with Gasteiger partial charge in [-0.25, -0.2) is 4.98 Å². The quantitative estimate of drug-likeness (QED) is 0.591. The number of halogens is 1. The van der Waals surface area contributed by atoms with Gasteiger partial charge in [-0.05, 0) is 49.2 Å². The van der Waals surface area contributed by atoms with Crippen LogP contribution in [0.2, 0.25) is 5.02 Å². The minimum atomic E-state index is 0.0194. The Kier molecular flexibility index (Phi) is 5.81. The van der Waals surface area contributed by atoms with Crippen LogP contribution in [-0.2, 0) is 6.42 Å². The molecule has 2 N–H and O–H groups in total. The van der Waals surface area contributed by atoms with E-state index >= 15 is 0 Å². The fraction of sp³-hybridized carbons (Fsp3) is 0.150. The van der Waals surface area contributed by atoms with Crippen molar-refractivity contribution < 1.29 is 4.79 Å². The number of carbonyl (C=O) groups excluding carboxylic acids is 1. The molecule has 0 radical (unpaired) electrons. The van der Waals surface area contributed by atoms with Crippen molar-refractivity contribution in [1.82, 2.24) is 9.97 Å². The van der Waals surface area contributed by atoms with Crippen LogP contribution in [0.3, 0.4) is 0 Å². The standard InChI is InChI=1S/C20H19ClN4O/c1-14(26)16-5-3-7-18(13-16)24-20-23-11-9-19(25-20)22-10-8-15-4-2-6-17(21)12-15/h2-7,9,11-13H,8,10H2,1H3,(H2,22,23,24,25). The molecule has 0 aliphatic carbocycles. The predicted molar refractivity (Wildman–Crippen MR) is 105 cm³/mol. The van der Waals surface area contributed by atoms with E-state index in [1.807, 2.05) is 42.5 Å². The Morgan fingerprint density at radius 1 is 1.12 bits per heavy atom. The number of anilines is 3. The van der Waals surface area contributed by atoms with Crippen molar-refractivity contribution in [2.75, 3.05) is 17.2 Å². The van der Waals surface area contributed by atoms with E-state index in [2.05, 4.69) is 20.6 Å². The molecule has 1 heterocycles. The highest BCUT2D eigenvalue weighted by Crippen LogP contribution is 2.16. The van der Waals surface area contributed by atoms with Crippen LogP contribution in [-0.4, -0.2) is 22.3 Å². The largest absolute Gasteiger partial charge is 0.370 e. The average molecular weight is 367 g/mol. The molecule has 132 valence electrons. The summed E-state index contributed by atoms with van der Waals surface area (Å²) < 4.78 is 0. The second-order valence-corrected chi connectivity index (χ2v) is 6.27. The van der Waals surface area contributed by atoms with Crippen LogP contribution in [0, 0.1) is 0 Å². The summed E-state index contributed by atoms with van der Waals surface area (Å²) in [5, 5.41) is 7.14. The number of hydrogen-bond donors (Lipinski definition) is 2. The molecule has 0 aliphatic heterocycles. The molecule has 0 saturated carbocycles. The number of aromatic nitrogens is 2. The number of benzene rings is 2. The maximum absolute atomic E-state index is 11.5. The van der Waals surface area contributed by atoms with E-state index in [0.29, 0.717) is 11.5 Å². The van der Waals surface area contributed by atoms with Gasteiger partial charge in [-0.15, -0.1) is 0 Å². The van der Waals surface area contributed by atoms with Crippen LogP contribution >= 0.6 is 11.6 Å². The third-order valence-electron chi connectivity index (χ3n) is 3.79. The minimum absolute atomic E-state index is 0.0194. The molecule has 0 spiro atoms. The number of Topliss-reactive ketones (excluding diaryl/α,β-unsaturated/α-hetero) is 1. The van der Waals surface area contributed by atoms with Gasteiger partial charge in [0.05, 0.1) is 0 Å². The Bertz CT molecular complexity index is 914. The lowest BCUT2D eigenvalue weighted by Gasteiger charge is -2.09. The molecule has 3 aromatic rings. The molecule has 6 heteroatoms. The summed E-state index contributed by atoms with van der Waals surface area (Å²) in [7, 11) is 0. The molecule has 0 aliphatic rings. The number of nitrogens with one attached hydrogen (secondary N) is 2. The number of ketones is 1. The monoisotopic (exact) mass is 366 g/mol. The van der Waals surface area contributed by atoms with Gasteiger partial charge in [-0.1, -0.05) is 35.9 Å². The van der Waals surface area contributed by atoms with Gasteiger partial charge in [0, 0.05) is 29.0 Å². The van der Waals surface area contributed by atoms with E-state index in [9.17, 15) is 4.79 Å². The van der Waals surface area contributed by atoms with E-state index < -0.39 is 0 Å². The first-order valence-electron chi connectivity index (χ1n) is 8.29. The van der Waals surface area contributed by atoms with Crippen molar-refractivity contribution in [2.45, 2.75) is 13.3 Å². The zero-order chi connectivity index (χ0) is 18.4. The molecule has 5 nitrogen and oxygen atoms in total. The second-order valence-electron chi connectivity index (χ2n) is 5.83. The van der Waals surface area contributed by atoms with Crippen LogP contribution in [0.4, 0.5) is 17.5 Å². The summed E-state index contributed by atoms with van der Waals surface area (Å²) in [5.74, 6) is 1.22. The molecule has 0 fully saturated rings. The van der Waals surface area contributed by atoms with Gasteiger partial charge in [-0.3, -0.25) is 4.79 Å². The smallest absolute Gasteiger partial charge is 0.229 e. The van der Waals surface area contributed by atoms with Gasteiger partial charge in [0.25, 0.3) is 0 Å². The Hall–Kier alpha value is -2.92. The van der Waals surface area contributed by atoms with Gasteiger partial charge in [0.1, 0.15) is 5.82 Å². The van der Waals surface area contributed by atoms with Crippen LogP contribution in [0.1, 0.15) is 22.8 Å². The maximum Gasteiger partial charge on any atom is 0.229 e. The van der Waals surface area contributed by atoms with Gasteiger partial charge in [-0.2, -0.15) is 4.98 Å². The summed E-state index contributed by atoms with van der Waals surface area (Å²) in [6.45, 7) is 2.27. The zero-order valence-electron chi connectivity index (χ0n) is 14.4. The Morgan fingerprint density at radius 3 is 2.77 bits per heavy atom. The lowest BCUT2D eigenvalue weighted by atomic mass is 10.1. The molecule has 0 unspecified atom stereocenters. The molecule has 0 saturated heterocycles. The van der Waals surface area contributed by atoms with Gasteiger partial charge in [0.2, 0.25) is 5.95 Å². The fourth-order valence-electron chi connectivity index (χ4n) is 2.49. The van der Waals surface area contributed by atoms with E-state index in [0.717, 1.165) is 29.5 Å². The second kappa shape index (κ2) is 8.45. The average Bonchev–Trinajstić information content (AvgIpc) is 2.62. The number of nitrogens with zero attached hydrogens (tertiary/aromatic N) is 2. The van der Waals surface area contributed by atoms with E-state index in [-0.39, 0.29) is 5.78 Å². The van der Waals surface area contributed by atoms with Crippen molar-refractivity contribution in [2.24, 2.45) is 0 Å². The first-order valence-corrected chi connectivity index (χ1v) is 8.67. The van der Waals surface area contributed by atoms with Crippen molar-refractivity contribution >= 4 is 34.8 Å². The molecule has 0 amide bonds. The normalized spacial score (nSPS) is 10.4. The van der Waals surface area contributed by atoms with E-state index in [1.165, 1.54) is 5.56 Å². The van der Waals surface area contributed by atoms with Gasteiger partial charge in [0.15, 0.2) is 5.78 Å². The molecule has 2 aromatic carbocycles. The predicted octanol–water partition coefficient (Wildman–Crippen LogP) is 4.73. The SMILES string of the molecule is CC(=O)c1cccc(Nc2nccc(NCCc3cccc(Cl)c3)n2)c1.